The molecule has 0 amide bonds. The van der Waals surface area contributed by atoms with E-state index in [0.29, 0.717) is 5.92 Å². The van der Waals surface area contributed by atoms with Crippen molar-refractivity contribution >= 4 is 10.0 Å². The Bertz CT molecular complexity index is 273. The van der Waals surface area contributed by atoms with Gasteiger partial charge in [-0.3, -0.25) is 0 Å². The van der Waals surface area contributed by atoms with Crippen LogP contribution in [0.25, 0.3) is 0 Å². The summed E-state index contributed by atoms with van der Waals surface area (Å²) in [6.45, 7) is 0. The molecule has 2 aliphatic carbocycles. The van der Waals surface area contributed by atoms with E-state index in [9.17, 15) is 8.42 Å². The quantitative estimate of drug-likeness (QED) is 0.696. The zero-order chi connectivity index (χ0) is 8.77. The van der Waals surface area contributed by atoms with Gasteiger partial charge in [-0.25, -0.2) is 13.1 Å². The first-order valence-electron chi connectivity index (χ1n) is 4.52. The molecule has 0 aromatic heterocycles. The third-order valence-corrected chi connectivity index (χ3v) is 3.83. The Labute approximate surface area is 73.6 Å². The van der Waals surface area contributed by atoms with Gasteiger partial charge in [-0.2, -0.15) is 0 Å². The molecule has 2 bridgehead atoms. The van der Waals surface area contributed by atoms with E-state index in [-0.39, 0.29) is 6.04 Å². The molecule has 2 rings (SSSR count). The van der Waals surface area contributed by atoms with Crippen LogP contribution >= 0.6 is 0 Å². The summed E-state index contributed by atoms with van der Waals surface area (Å²) >= 11 is 0. The fourth-order valence-electron chi connectivity index (χ4n) is 2.66. The molecule has 0 aromatic rings. The second-order valence-corrected chi connectivity index (χ2v) is 5.95. The number of rotatable bonds is 2. The zero-order valence-corrected chi connectivity index (χ0v) is 8.10. The molecule has 12 heavy (non-hydrogen) atoms. The van der Waals surface area contributed by atoms with Crippen molar-refractivity contribution in [2.24, 2.45) is 11.8 Å². The minimum Gasteiger partial charge on any atom is -0.213 e. The van der Waals surface area contributed by atoms with Gasteiger partial charge in [0.05, 0.1) is 6.26 Å². The summed E-state index contributed by atoms with van der Waals surface area (Å²) in [6.07, 6.45) is 6.09. The molecule has 2 saturated carbocycles. The standard InChI is InChI=1S/C8H15NO2S/c1-12(10,11)9-8-5-6-2-3-7(8)4-6/h6-9H,2-5H2,1H3/t6?,7?,8-/m1/s1. The molecule has 3 nitrogen and oxygen atoms in total. The van der Waals surface area contributed by atoms with Gasteiger partial charge in [-0.15, -0.1) is 0 Å². The van der Waals surface area contributed by atoms with Crippen LogP contribution in [0.3, 0.4) is 0 Å². The Morgan fingerprint density at radius 2 is 2.00 bits per heavy atom. The van der Waals surface area contributed by atoms with Crippen LogP contribution in [0.5, 0.6) is 0 Å². The molecule has 0 aromatic carbocycles. The van der Waals surface area contributed by atoms with Gasteiger partial charge in [-0.05, 0) is 31.1 Å². The third kappa shape index (κ3) is 1.64. The average molecular weight is 189 g/mol. The van der Waals surface area contributed by atoms with Crippen LogP contribution in [0.15, 0.2) is 0 Å². The number of sulfonamides is 1. The molecule has 0 radical (unpaired) electrons. The first-order valence-corrected chi connectivity index (χ1v) is 6.41. The van der Waals surface area contributed by atoms with Gasteiger partial charge in [-0.1, -0.05) is 6.42 Å². The Morgan fingerprint density at radius 1 is 1.25 bits per heavy atom. The lowest BCUT2D eigenvalue weighted by atomic mass is 9.96. The summed E-state index contributed by atoms with van der Waals surface area (Å²) in [5.41, 5.74) is 0. The van der Waals surface area contributed by atoms with E-state index in [2.05, 4.69) is 4.72 Å². The van der Waals surface area contributed by atoms with Crippen molar-refractivity contribution in [3.63, 3.8) is 0 Å². The SMILES string of the molecule is CS(=O)(=O)N[C@@H]1CC2CCC1C2. The first-order chi connectivity index (χ1) is 5.54. The lowest BCUT2D eigenvalue weighted by Gasteiger charge is -2.21. The second kappa shape index (κ2) is 2.70. The first kappa shape index (κ1) is 8.51. The molecule has 3 atom stereocenters. The Kier molecular flexibility index (Phi) is 1.92. The van der Waals surface area contributed by atoms with Crippen molar-refractivity contribution in [1.29, 1.82) is 0 Å². The van der Waals surface area contributed by atoms with Crippen LogP contribution in [0.2, 0.25) is 0 Å². The third-order valence-electron chi connectivity index (χ3n) is 3.10. The van der Waals surface area contributed by atoms with Crippen molar-refractivity contribution < 1.29 is 8.42 Å². The lowest BCUT2D eigenvalue weighted by molar-refractivity contribution is 0.391. The minimum atomic E-state index is -2.98. The van der Waals surface area contributed by atoms with Gasteiger partial charge < -0.3 is 0 Å². The number of fused-ring (bicyclic) bond motifs is 2. The lowest BCUT2D eigenvalue weighted by Crippen LogP contribution is -2.37. The topological polar surface area (TPSA) is 46.2 Å². The van der Waals surface area contributed by atoms with Crippen LogP contribution in [-0.2, 0) is 10.0 Å². The molecular formula is C8H15NO2S. The van der Waals surface area contributed by atoms with Crippen LogP contribution < -0.4 is 4.72 Å². The molecule has 2 unspecified atom stereocenters. The van der Waals surface area contributed by atoms with Crippen LogP contribution in [0, 0.1) is 11.8 Å². The normalized spacial score (nSPS) is 40.6. The predicted molar refractivity (Wildman–Crippen MR) is 47.2 cm³/mol. The number of hydrogen-bond donors (Lipinski definition) is 1. The molecule has 0 saturated heterocycles. The maximum Gasteiger partial charge on any atom is 0.208 e. The van der Waals surface area contributed by atoms with Crippen LogP contribution in [0.1, 0.15) is 25.7 Å². The molecule has 70 valence electrons. The number of hydrogen-bond acceptors (Lipinski definition) is 2. The largest absolute Gasteiger partial charge is 0.213 e. The summed E-state index contributed by atoms with van der Waals surface area (Å²) in [4.78, 5) is 0. The van der Waals surface area contributed by atoms with E-state index in [1.165, 1.54) is 25.5 Å². The molecular weight excluding hydrogens is 174 g/mol. The molecule has 0 aliphatic heterocycles. The van der Waals surface area contributed by atoms with Crippen LogP contribution in [-0.4, -0.2) is 20.7 Å². The Hall–Kier alpha value is -0.0900. The van der Waals surface area contributed by atoms with E-state index in [0.717, 1.165) is 12.3 Å². The van der Waals surface area contributed by atoms with Crippen molar-refractivity contribution in [2.75, 3.05) is 6.26 Å². The summed E-state index contributed by atoms with van der Waals surface area (Å²) in [6, 6.07) is 0.249. The molecule has 0 spiro atoms. The Balaban J connectivity index is 2.00. The molecule has 2 fully saturated rings. The van der Waals surface area contributed by atoms with E-state index in [4.69, 9.17) is 0 Å². The zero-order valence-electron chi connectivity index (χ0n) is 7.29. The molecule has 2 aliphatic rings. The maximum atomic E-state index is 11.0. The highest BCUT2D eigenvalue weighted by molar-refractivity contribution is 7.88. The summed E-state index contributed by atoms with van der Waals surface area (Å²) in [7, 11) is -2.98. The monoisotopic (exact) mass is 189 g/mol. The smallest absolute Gasteiger partial charge is 0.208 e. The molecule has 1 N–H and O–H groups in total. The molecule has 4 heteroatoms. The van der Waals surface area contributed by atoms with Crippen molar-refractivity contribution in [3.05, 3.63) is 0 Å². The van der Waals surface area contributed by atoms with Crippen molar-refractivity contribution in [2.45, 2.75) is 31.7 Å². The Morgan fingerprint density at radius 3 is 2.42 bits per heavy atom. The average Bonchev–Trinajstić information content (AvgIpc) is 2.42. The highest BCUT2D eigenvalue weighted by Gasteiger charge is 2.40. The van der Waals surface area contributed by atoms with Crippen molar-refractivity contribution in [3.8, 4) is 0 Å². The van der Waals surface area contributed by atoms with E-state index >= 15 is 0 Å². The van der Waals surface area contributed by atoms with E-state index < -0.39 is 10.0 Å². The van der Waals surface area contributed by atoms with E-state index in [1.807, 2.05) is 0 Å². The summed E-state index contributed by atoms with van der Waals surface area (Å²) in [5, 5.41) is 0. The van der Waals surface area contributed by atoms with Gasteiger partial charge in [0.2, 0.25) is 10.0 Å². The fourth-order valence-corrected chi connectivity index (χ4v) is 3.50. The van der Waals surface area contributed by atoms with Gasteiger partial charge in [0.25, 0.3) is 0 Å². The minimum absolute atomic E-state index is 0.249. The summed E-state index contributed by atoms with van der Waals surface area (Å²) < 4.78 is 24.6. The van der Waals surface area contributed by atoms with Gasteiger partial charge in [0, 0.05) is 6.04 Å². The highest BCUT2D eigenvalue weighted by atomic mass is 32.2. The molecule has 0 heterocycles. The maximum absolute atomic E-state index is 11.0. The van der Waals surface area contributed by atoms with Crippen LogP contribution in [0.4, 0.5) is 0 Å². The summed E-state index contributed by atoms with van der Waals surface area (Å²) in [5.74, 6) is 1.43. The number of nitrogens with one attached hydrogen (secondary N) is 1. The van der Waals surface area contributed by atoms with Gasteiger partial charge >= 0.3 is 0 Å². The van der Waals surface area contributed by atoms with Gasteiger partial charge in [0.1, 0.15) is 0 Å². The van der Waals surface area contributed by atoms with E-state index in [1.54, 1.807) is 0 Å². The predicted octanol–water partition coefficient (Wildman–Crippen LogP) is 0.724. The highest BCUT2D eigenvalue weighted by Crippen LogP contribution is 2.44. The second-order valence-electron chi connectivity index (χ2n) is 4.17. The van der Waals surface area contributed by atoms with Gasteiger partial charge in [0.15, 0.2) is 0 Å². The van der Waals surface area contributed by atoms with Crippen molar-refractivity contribution in [1.82, 2.24) is 4.72 Å². The fraction of sp³-hybridized carbons (Fsp3) is 1.00.